The lowest BCUT2D eigenvalue weighted by molar-refractivity contribution is 0.248. The Kier molecular flexibility index (Phi) is 4.61. The van der Waals surface area contributed by atoms with Gasteiger partial charge in [-0.15, -0.1) is 0 Å². The van der Waals surface area contributed by atoms with Crippen molar-refractivity contribution in [3.8, 4) is 0 Å². The number of rotatable bonds is 3. The SMILES string of the molecule is Cc1ccc(S(=O)(=O)N2CCC(N=C=O)CC2C)c(C)c1. The monoisotopic (exact) mass is 308 g/mol. The Morgan fingerprint density at radius 2 is 2.05 bits per heavy atom. The summed E-state index contributed by atoms with van der Waals surface area (Å²) in [6.07, 6.45) is 2.68. The van der Waals surface area contributed by atoms with E-state index in [9.17, 15) is 13.2 Å². The van der Waals surface area contributed by atoms with Gasteiger partial charge in [-0.25, -0.2) is 18.2 Å². The lowest BCUT2D eigenvalue weighted by atomic mass is 10.0. The summed E-state index contributed by atoms with van der Waals surface area (Å²) in [5.41, 5.74) is 1.80. The molecule has 114 valence electrons. The highest BCUT2D eigenvalue weighted by atomic mass is 32.2. The summed E-state index contributed by atoms with van der Waals surface area (Å²) in [4.78, 5) is 14.4. The van der Waals surface area contributed by atoms with Gasteiger partial charge in [0.1, 0.15) is 0 Å². The Morgan fingerprint density at radius 1 is 1.33 bits per heavy atom. The molecule has 0 aromatic heterocycles. The molecule has 1 aliphatic rings. The third-order valence-corrected chi connectivity index (χ3v) is 6.11. The van der Waals surface area contributed by atoms with Crippen molar-refractivity contribution >= 4 is 16.1 Å². The zero-order valence-electron chi connectivity index (χ0n) is 12.5. The van der Waals surface area contributed by atoms with Crippen LogP contribution in [0.4, 0.5) is 0 Å². The molecule has 2 atom stereocenters. The Hall–Kier alpha value is -1.49. The van der Waals surface area contributed by atoms with Crippen LogP contribution in [-0.4, -0.2) is 37.4 Å². The number of carbonyl (C=O) groups excluding carboxylic acids is 1. The average molecular weight is 308 g/mol. The molecule has 1 aliphatic heterocycles. The van der Waals surface area contributed by atoms with Crippen molar-refractivity contribution in [2.45, 2.75) is 50.6 Å². The first-order chi connectivity index (χ1) is 9.86. The summed E-state index contributed by atoms with van der Waals surface area (Å²) < 4.78 is 27.1. The van der Waals surface area contributed by atoms with Gasteiger partial charge in [-0.05, 0) is 45.2 Å². The lowest BCUT2D eigenvalue weighted by Crippen LogP contribution is -2.45. The van der Waals surface area contributed by atoms with Gasteiger partial charge in [0.05, 0.1) is 10.9 Å². The molecular weight excluding hydrogens is 288 g/mol. The van der Waals surface area contributed by atoms with Gasteiger partial charge in [0.15, 0.2) is 0 Å². The number of hydrogen-bond donors (Lipinski definition) is 0. The largest absolute Gasteiger partial charge is 0.243 e. The summed E-state index contributed by atoms with van der Waals surface area (Å²) >= 11 is 0. The number of aliphatic imine (C=N–C) groups is 1. The van der Waals surface area contributed by atoms with Gasteiger partial charge >= 0.3 is 0 Å². The number of benzene rings is 1. The number of sulfonamides is 1. The molecular formula is C15H20N2O3S. The van der Waals surface area contributed by atoms with Crippen molar-refractivity contribution in [3.63, 3.8) is 0 Å². The van der Waals surface area contributed by atoms with Gasteiger partial charge < -0.3 is 0 Å². The zero-order chi connectivity index (χ0) is 15.6. The molecule has 2 unspecified atom stereocenters. The molecule has 1 aromatic rings. The summed E-state index contributed by atoms with van der Waals surface area (Å²) in [6.45, 7) is 5.99. The number of piperidine rings is 1. The minimum Gasteiger partial charge on any atom is -0.211 e. The summed E-state index contributed by atoms with van der Waals surface area (Å²) in [5.74, 6) is 0. The Labute approximate surface area is 125 Å². The second-order valence-electron chi connectivity index (χ2n) is 5.63. The zero-order valence-corrected chi connectivity index (χ0v) is 13.4. The maximum atomic E-state index is 12.8. The van der Waals surface area contributed by atoms with Crippen LogP contribution in [0, 0.1) is 13.8 Å². The van der Waals surface area contributed by atoms with Crippen molar-refractivity contribution in [1.29, 1.82) is 0 Å². The number of nitrogens with zero attached hydrogens (tertiary/aromatic N) is 2. The minimum atomic E-state index is -3.50. The number of isocyanates is 1. The molecule has 1 saturated heterocycles. The standard InChI is InChI=1S/C15H20N2O3S/c1-11-4-5-15(12(2)8-11)21(19,20)17-7-6-14(16-10-18)9-13(17)3/h4-5,8,13-14H,6-7,9H2,1-3H3. The number of aryl methyl sites for hydroxylation is 2. The van der Waals surface area contributed by atoms with Crippen LogP contribution in [0.3, 0.4) is 0 Å². The molecule has 1 fully saturated rings. The second-order valence-corrected chi connectivity index (χ2v) is 7.49. The molecule has 0 radical (unpaired) electrons. The highest BCUT2D eigenvalue weighted by Crippen LogP contribution is 2.28. The summed E-state index contributed by atoms with van der Waals surface area (Å²) in [7, 11) is -3.50. The van der Waals surface area contributed by atoms with Crippen LogP contribution >= 0.6 is 0 Å². The molecule has 0 saturated carbocycles. The molecule has 0 spiro atoms. The fraction of sp³-hybridized carbons (Fsp3) is 0.533. The van der Waals surface area contributed by atoms with Crippen LogP contribution in [0.2, 0.25) is 0 Å². The van der Waals surface area contributed by atoms with Crippen LogP contribution in [-0.2, 0) is 14.8 Å². The first kappa shape index (κ1) is 15.9. The fourth-order valence-corrected chi connectivity index (χ4v) is 4.75. The topological polar surface area (TPSA) is 66.8 Å². The predicted octanol–water partition coefficient (Wildman–Crippen LogP) is 2.18. The summed E-state index contributed by atoms with van der Waals surface area (Å²) in [6, 6.07) is 5.06. The van der Waals surface area contributed by atoms with Gasteiger partial charge in [0.2, 0.25) is 16.1 Å². The van der Waals surface area contributed by atoms with Crippen LogP contribution in [0.5, 0.6) is 0 Å². The normalized spacial score (nSPS) is 23.6. The highest BCUT2D eigenvalue weighted by molar-refractivity contribution is 7.89. The molecule has 1 heterocycles. The lowest BCUT2D eigenvalue weighted by Gasteiger charge is -2.35. The maximum absolute atomic E-state index is 12.8. The molecule has 0 N–H and O–H groups in total. The molecule has 1 aromatic carbocycles. The van der Waals surface area contributed by atoms with E-state index in [1.807, 2.05) is 32.9 Å². The fourth-order valence-electron chi connectivity index (χ4n) is 2.89. The van der Waals surface area contributed by atoms with E-state index in [1.54, 1.807) is 12.1 Å². The van der Waals surface area contributed by atoms with Crippen LogP contribution in [0.15, 0.2) is 28.1 Å². The minimum absolute atomic E-state index is 0.122. The first-order valence-corrected chi connectivity index (χ1v) is 8.46. The quantitative estimate of drug-likeness (QED) is 0.635. The molecule has 5 nitrogen and oxygen atoms in total. The Bertz CT molecular complexity index is 678. The Balaban J connectivity index is 2.30. The van der Waals surface area contributed by atoms with E-state index in [2.05, 4.69) is 4.99 Å². The van der Waals surface area contributed by atoms with Crippen molar-refractivity contribution in [2.24, 2.45) is 4.99 Å². The third kappa shape index (κ3) is 3.23. The van der Waals surface area contributed by atoms with Gasteiger partial charge in [-0.1, -0.05) is 17.7 Å². The van der Waals surface area contributed by atoms with E-state index in [1.165, 1.54) is 4.31 Å². The van der Waals surface area contributed by atoms with Gasteiger partial charge in [-0.3, -0.25) is 0 Å². The van der Waals surface area contributed by atoms with Crippen molar-refractivity contribution < 1.29 is 13.2 Å². The Morgan fingerprint density at radius 3 is 2.62 bits per heavy atom. The van der Waals surface area contributed by atoms with E-state index in [4.69, 9.17) is 0 Å². The molecule has 0 aliphatic carbocycles. The number of hydrogen-bond acceptors (Lipinski definition) is 4. The smallest absolute Gasteiger partial charge is 0.211 e. The molecule has 6 heteroatoms. The molecule has 0 bridgehead atoms. The molecule has 0 amide bonds. The van der Waals surface area contributed by atoms with E-state index >= 15 is 0 Å². The van der Waals surface area contributed by atoms with E-state index in [-0.39, 0.29) is 12.1 Å². The third-order valence-electron chi connectivity index (χ3n) is 3.94. The van der Waals surface area contributed by atoms with Gasteiger partial charge in [0, 0.05) is 12.6 Å². The molecule has 21 heavy (non-hydrogen) atoms. The van der Waals surface area contributed by atoms with E-state index in [0.29, 0.717) is 24.3 Å². The van der Waals surface area contributed by atoms with Gasteiger partial charge in [0.25, 0.3) is 0 Å². The van der Waals surface area contributed by atoms with Crippen LogP contribution in [0.1, 0.15) is 30.9 Å². The maximum Gasteiger partial charge on any atom is 0.243 e. The van der Waals surface area contributed by atoms with E-state index in [0.717, 1.165) is 11.1 Å². The van der Waals surface area contributed by atoms with Crippen molar-refractivity contribution in [1.82, 2.24) is 4.31 Å². The van der Waals surface area contributed by atoms with Crippen molar-refractivity contribution in [3.05, 3.63) is 29.3 Å². The predicted molar refractivity (Wildman–Crippen MR) is 80.4 cm³/mol. The van der Waals surface area contributed by atoms with Gasteiger partial charge in [-0.2, -0.15) is 4.31 Å². The van der Waals surface area contributed by atoms with Crippen LogP contribution in [0.25, 0.3) is 0 Å². The summed E-state index contributed by atoms with van der Waals surface area (Å²) in [5, 5.41) is 0. The molecule has 2 rings (SSSR count). The first-order valence-electron chi connectivity index (χ1n) is 7.02. The highest BCUT2D eigenvalue weighted by Gasteiger charge is 2.35. The second kappa shape index (κ2) is 6.10. The van der Waals surface area contributed by atoms with Crippen LogP contribution < -0.4 is 0 Å². The van der Waals surface area contributed by atoms with E-state index < -0.39 is 10.0 Å². The average Bonchev–Trinajstić information content (AvgIpc) is 2.38. The van der Waals surface area contributed by atoms with Crippen molar-refractivity contribution in [2.75, 3.05) is 6.54 Å².